The highest BCUT2D eigenvalue weighted by Crippen LogP contribution is 2.28. The standard InChI is InChI=1S/C13H10F3N3O4/c1-23-12(22)8-9(20)11(21)19(18-10(8)13(14,15)16)6-7-4-2-3-5-17-7/h2-5,18H,6H2,1H3. The second kappa shape index (κ2) is 6.07. The fourth-order valence-electron chi connectivity index (χ4n) is 1.85. The number of nitrogens with zero attached hydrogens (tertiary/aromatic N) is 2. The van der Waals surface area contributed by atoms with Crippen LogP contribution in [-0.4, -0.2) is 27.8 Å². The Kier molecular flexibility index (Phi) is 4.34. The molecule has 0 saturated carbocycles. The summed E-state index contributed by atoms with van der Waals surface area (Å²) in [6.45, 7) is -0.389. The van der Waals surface area contributed by atoms with Crippen molar-refractivity contribution in [3.8, 4) is 0 Å². The van der Waals surface area contributed by atoms with Gasteiger partial charge in [-0.25, -0.2) is 9.48 Å². The first-order chi connectivity index (χ1) is 10.8. The number of H-pyrrole nitrogens is 1. The van der Waals surface area contributed by atoms with Crippen LogP contribution in [0.1, 0.15) is 21.7 Å². The van der Waals surface area contributed by atoms with Crippen molar-refractivity contribution >= 4 is 5.97 Å². The summed E-state index contributed by atoms with van der Waals surface area (Å²) in [5, 5.41) is 1.76. The van der Waals surface area contributed by atoms with Crippen LogP contribution in [0, 0.1) is 0 Å². The minimum absolute atomic E-state index is 0.254. The molecule has 122 valence electrons. The molecule has 0 aliphatic rings. The lowest BCUT2D eigenvalue weighted by molar-refractivity contribution is -0.143. The number of aromatic nitrogens is 3. The molecule has 0 atom stereocenters. The molecule has 0 saturated heterocycles. The maximum atomic E-state index is 13.1. The van der Waals surface area contributed by atoms with E-state index in [1.807, 2.05) is 0 Å². The largest absolute Gasteiger partial charge is 0.465 e. The molecular formula is C13H10F3N3O4. The Balaban J connectivity index is 2.68. The Morgan fingerprint density at radius 1 is 1.35 bits per heavy atom. The zero-order valence-corrected chi connectivity index (χ0v) is 11.7. The van der Waals surface area contributed by atoms with Crippen LogP contribution in [0.3, 0.4) is 0 Å². The number of aromatic amines is 1. The molecule has 0 amide bonds. The minimum Gasteiger partial charge on any atom is -0.465 e. The summed E-state index contributed by atoms with van der Waals surface area (Å²) in [4.78, 5) is 39.1. The smallest absolute Gasteiger partial charge is 0.433 e. The molecule has 0 unspecified atom stereocenters. The number of hydrogen-bond acceptors (Lipinski definition) is 5. The van der Waals surface area contributed by atoms with E-state index < -0.39 is 34.4 Å². The molecule has 23 heavy (non-hydrogen) atoms. The molecule has 0 aliphatic heterocycles. The van der Waals surface area contributed by atoms with E-state index in [-0.39, 0.29) is 12.2 Å². The van der Waals surface area contributed by atoms with E-state index in [1.165, 1.54) is 12.3 Å². The number of methoxy groups -OCH3 is 1. The molecule has 0 aromatic carbocycles. The number of esters is 1. The highest BCUT2D eigenvalue weighted by atomic mass is 19.4. The van der Waals surface area contributed by atoms with Gasteiger partial charge in [-0.1, -0.05) is 6.07 Å². The molecule has 0 aliphatic carbocycles. The van der Waals surface area contributed by atoms with Gasteiger partial charge in [0.1, 0.15) is 5.56 Å². The van der Waals surface area contributed by atoms with Gasteiger partial charge < -0.3 is 4.74 Å². The zero-order chi connectivity index (χ0) is 17.2. The number of halogens is 3. The highest BCUT2D eigenvalue weighted by Gasteiger charge is 2.40. The van der Waals surface area contributed by atoms with Gasteiger partial charge in [-0.05, 0) is 12.1 Å². The molecule has 2 heterocycles. The summed E-state index contributed by atoms with van der Waals surface area (Å²) in [6, 6.07) is 4.61. The SMILES string of the molecule is COC(=O)c1c(C(F)(F)F)[nH]n(Cc2ccccn2)c(=O)c1=O. The quantitative estimate of drug-likeness (QED) is 0.663. The van der Waals surface area contributed by atoms with Gasteiger partial charge in [0.15, 0.2) is 5.69 Å². The molecule has 0 spiro atoms. The van der Waals surface area contributed by atoms with E-state index in [4.69, 9.17) is 0 Å². The number of carbonyl (C=O) groups excluding carboxylic acids is 1. The Bertz CT molecular complexity index is 840. The molecule has 0 radical (unpaired) electrons. The third-order valence-corrected chi connectivity index (χ3v) is 2.88. The lowest BCUT2D eigenvalue weighted by Crippen LogP contribution is -2.43. The monoisotopic (exact) mass is 329 g/mol. The first-order valence-corrected chi connectivity index (χ1v) is 6.18. The number of ether oxygens (including phenoxy) is 1. The average molecular weight is 329 g/mol. The number of rotatable bonds is 3. The van der Waals surface area contributed by atoms with Crippen LogP contribution >= 0.6 is 0 Å². The molecule has 10 heteroatoms. The van der Waals surface area contributed by atoms with Crippen LogP contribution < -0.4 is 11.0 Å². The molecule has 2 aromatic rings. The number of alkyl halides is 3. The summed E-state index contributed by atoms with van der Waals surface area (Å²) < 4.78 is 43.8. The maximum absolute atomic E-state index is 13.1. The van der Waals surface area contributed by atoms with E-state index in [0.717, 1.165) is 7.11 Å². The first-order valence-electron chi connectivity index (χ1n) is 6.18. The summed E-state index contributed by atoms with van der Waals surface area (Å²) in [6.07, 6.45) is -3.67. The van der Waals surface area contributed by atoms with Crippen LogP contribution in [0.5, 0.6) is 0 Å². The van der Waals surface area contributed by atoms with Crippen molar-refractivity contribution < 1.29 is 22.7 Å². The van der Waals surface area contributed by atoms with Gasteiger partial charge in [0.25, 0.3) is 5.43 Å². The molecule has 2 aromatic heterocycles. The van der Waals surface area contributed by atoms with Gasteiger partial charge in [-0.2, -0.15) is 13.2 Å². The fraction of sp³-hybridized carbons (Fsp3) is 0.231. The van der Waals surface area contributed by atoms with Crippen molar-refractivity contribution in [1.29, 1.82) is 0 Å². The minimum atomic E-state index is -5.05. The lowest BCUT2D eigenvalue weighted by Gasteiger charge is -2.14. The molecule has 1 N–H and O–H groups in total. The average Bonchev–Trinajstić information content (AvgIpc) is 2.51. The number of nitrogens with one attached hydrogen (secondary N) is 1. The first kappa shape index (κ1) is 16.5. The molecule has 7 nitrogen and oxygen atoms in total. The molecule has 0 fully saturated rings. The molecular weight excluding hydrogens is 319 g/mol. The Morgan fingerprint density at radius 3 is 2.57 bits per heavy atom. The fourth-order valence-corrected chi connectivity index (χ4v) is 1.85. The normalized spacial score (nSPS) is 11.3. The summed E-state index contributed by atoms with van der Waals surface area (Å²) in [7, 11) is 0.807. The van der Waals surface area contributed by atoms with Crippen molar-refractivity contribution in [1.82, 2.24) is 14.8 Å². The summed E-state index contributed by atoms with van der Waals surface area (Å²) in [5.74, 6) is -1.54. The lowest BCUT2D eigenvalue weighted by atomic mass is 10.2. The topological polar surface area (TPSA) is 94.1 Å². The van der Waals surface area contributed by atoms with Crippen LogP contribution in [0.15, 0.2) is 34.0 Å². The van der Waals surface area contributed by atoms with Crippen LogP contribution in [0.4, 0.5) is 13.2 Å². The van der Waals surface area contributed by atoms with Gasteiger partial charge in [0.2, 0.25) is 0 Å². The van der Waals surface area contributed by atoms with Gasteiger partial charge in [0, 0.05) is 6.20 Å². The van der Waals surface area contributed by atoms with Crippen LogP contribution in [0.25, 0.3) is 0 Å². The van der Waals surface area contributed by atoms with E-state index in [1.54, 1.807) is 17.2 Å². The number of pyridine rings is 1. The van der Waals surface area contributed by atoms with Gasteiger partial charge in [0.05, 0.1) is 19.3 Å². The second-order valence-electron chi connectivity index (χ2n) is 4.39. The number of hydrogen-bond donors (Lipinski definition) is 1. The third kappa shape index (κ3) is 3.30. The van der Waals surface area contributed by atoms with Gasteiger partial charge in [-0.15, -0.1) is 0 Å². The predicted molar refractivity (Wildman–Crippen MR) is 71.0 cm³/mol. The highest BCUT2D eigenvalue weighted by molar-refractivity contribution is 5.90. The van der Waals surface area contributed by atoms with Crippen LogP contribution in [-0.2, 0) is 17.5 Å². The summed E-state index contributed by atoms with van der Waals surface area (Å²) in [5.41, 5.74) is -5.68. The van der Waals surface area contributed by atoms with Gasteiger partial charge >= 0.3 is 17.7 Å². The van der Waals surface area contributed by atoms with Crippen molar-refractivity contribution in [2.45, 2.75) is 12.7 Å². The van der Waals surface area contributed by atoms with E-state index in [2.05, 4.69) is 9.72 Å². The van der Waals surface area contributed by atoms with E-state index >= 15 is 0 Å². The Hall–Kier alpha value is -2.91. The Labute approximate surface area is 126 Å². The summed E-state index contributed by atoms with van der Waals surface area (Å²) >= 11 is 0. The molecule has 2 rings (SSSR count). The van der Waals surface area contributed by atoms with Crippen molar-refractivity contribution in [3.63, 3.8) is 0 Å². The van der Waals surface area contributed by atoms with E-state index in [9.17, 15) is 27.6 Å². The predicted octanol–water partition coefficient (Wildman–Crippen LogP) is 0.785. The van der Waals surface area contributed by atoms with Crippen molar-refractivity contribution in [3.05, 3.63) is 61.9 Å². The Morgan fingerprint density at radius 2 is 2.04 bits per heavy atom. The third-order valence-electron chi connectivity index (χ3n) is 2.88. The van der Waals surface area contributed by atoms with Crippen molar-refractivity contribution in [2.75, 3.05) is 7.11 Å². The van der Waals surface area contributed by atoms with E-state index in [0.29, 0.717) is 4.68 Å². The number of carbonyl (C=O) groups is 1. The van der Waals surface area contributed by atoms with Crippen molar-refractivity contribution in [2.24, 2.45) is 0 Å². The van der Waals surface area contributed by atoms with Crippen LogP contribution in [0.2, 0.25) is 0 Å². The zero-order valence-electron chi connectivity index (χ0n) is 11.7. The maximum Gasteiger partial charge on any atom is 0.433 e. The van der Waals surface area contributed by atoms with Gasteiger partial charge in [-0.3, -0.25) is 19.7 Å². The second-order valence-corrected chi connectivity index (χ2v) is 4.39. The molecule has 0 bridgehead atoms.